The van der Waals surface area contributed by atoms with Gasteiger partial charge in [0.15, 0.2) is 37.2 Å². The van der Waals surface area contributed by atoms with Gasteiger partial charge in [-0.1, -0.05) is 0 Å². The van der Waals surface area contributed by atoms with Gasteiger partial charge >= 0.3 is 17.9 Å². The SMILES string of the molecule is O=C(O)[C@H]1O[C@H](O)[C@H](O)[C@H](O)[C@H]1O[C@H]1O[C@H](C(=O)O)[C@H](O[C@H]2O[C@@H](C(=O)O)[C@H](O)[C@@H](O)[C@H]2O)[C@@H](O)[C@H]1O. The molecule has 3 saturated heterocycles. The Morgan fingerprint density at radius 1 is 0.459 bits per heavy atom. The molecule has 0 aromatic rings. The van der Waals surface area contributed by atoms with Gasteiger partial charge in [0.1, 0.15) is 54.9 Å². The Balaban J connectivity index is 1.81. The lowest BCUT2D eigenvalue weighted by Crippen LogP contribution is -2.67. The number of carboxylic acids is 3. The van der Waals surface area contributed by atoms with Crippen molar-refractivity contribution in [2.75, 3.05) is 0 Å². The number of aliphatic hydroxyl groups excluding tert-OH is 8. The zero-order chi connectivity index (χ0) is 27.9. The van der Waals surface area contributed by atoms with Crippen LogP contribution in [0, 0.1) is 0 Å². The minimum absolute atomic E-state index is 1.79. The molecule has 19 heteroatoms. The quantitative estimate of drug-likeness (QED) is 0.141. The fourth-order valence-corrected chi connectivity index (χ4v) is 3.98. The largest absolute Gasteiger partial charge is 0.479 e. The van der Waals surface area contributed by atoms with E-state index >= 15 is 0 Å². The highest BCUT2D eigenvalue weighted by molar-refractivity contribution is 5.74. The summed E-state index contributed by atoms with van der Waals surface area (Å²) in [5, 5.41) is 108. The second kappa shape index (κ2) is 11.3. The first-order valence-electron chi connectivity index (χ1n) is 10.6. The fraction of sp³-hybridized carbons (Fsp3) is 0.833. The van der Waals surface area contributed by atoms with E-state index < -0.39 is 110 Å². The van der Waals surface area contributed by atoms with Crippen molar-refractivity contribution in [1.29, 1.82) is 0 Å². The second-order valence-electron chi connectivity index (χ2n) is 8.45. The van der Waals surface area contributed by atoms with Gasteiger partial charge in [-0.15, -0.1) is 0 Å². The number of carbonyl (C=O) groups is 3. The Morgan fingerprint density at radius 3 is 1.30 bits per heavy atom. The van der Waals surface area contributed by atoms with Crippen molar-refractivity contribution < 1.29 is 94.2 Å². The summed E-state index contributed by atoms with van der Waals surface area (Å²) in [6, 6.07) is 0. The van der Waals surface area contributed by atoms with E-state index in [9.17, 15) is 65.4 Å². The van der Waals surface area contributed by atoms with Gasteiger partial charge in [-0.2, -0.15) is 0 Å². The van der Waals surface area contributed by atoms with E-state index in [0.29, 0.717) is 0 Å². The number of hydrogen-bond acceptors (Lipinski definition) is 16. The van der Waals surface area contributed by atoms with Gasteiger partial charge < -0.3 is 79.9 Å². The Labute approximate surface area is 205 Å². The van der Waals surface area contributed by atoms with Crippen molar-refractivity contribution in [3.05, 3.63) is 0 Å². The number of ether oxygens (including phenoxy) is 5. The highest BCUT2D eigenvalue weighted by atomic mass is 16.8. The number of carboxylic acid groups (broad SMARTS) is 3. The molecule has 0 aromatic heterocycles. The van der Waals surface area contributed by atoms with Crippen LogP contribution in [0.25, 0.3) is 0 Å². The van der Waals surface area contributed by atoms with Crippen LogP contribution in [0.3, 0.4) is 0 Å². The van der Waals surface area contributed by atoms with E-state index in [0.717, 1.165) is 0 Å². The van der Waals surface area contributed by atoms with Gasteiger partial charge in [-0.3, -0.25) is 0 Å². The van der Waals surface area contributed by atoms with Crippen molar-refractivity contribution >= 4 is 17.9 Å². The van der Waals surface area contributed by atoms with E-state index in [4.69, 9.17) is 24.1 Å². The molecule has 0 aromatic carbocycles. The van der Waals surface area contributed by atoms with Gasteiger partial charge in [-0.25, -0.2) is 14.4 Å². The average molecular weight is 546 g/mol. The first-order valence-corrected chi connectivity index (χ1v) is 10.6. The normalized spacial score (nSPS) is 48.8. The van der Waals surface area contributed by atoms with E-state index in [1.807, 2.05) is 0 Å². The first-order chi connectivity index (χ1) is 17.2. The summed E-state index contributed by atoms with van der Waals surface area (Å²) >= 11 is 0. The topological polar surface area (TPSA) is 320 Å². The summed E-state index contributed by atoms with van der Waals surface area (Å²) in [6.07, 6.45) is -32.5. The van der Waals surface area contributed by atoms with Crippen LogP contribution < -0.4 is 0 Å². The summed E-state index contributed by atoms with van der Waals surface area (Å²) in [5.74, 6) is -5.46. The molecule has 3 aliphatic rings. The Hall–Kier alpha value is -2.11. The third-order valence-electron chi connectivity index (χ3n) is 5.99. The summed E-state index contributed by atoms with van der Waals surface area (Å²) in [5.41, 5.74) is 0. The molecular weight excluding hydrogens is 520 g/mol. The molecule has 0 bridgehead atoms. The van der Waals surface area contributed by atoms with Crippen LogP contribution in [0.5, 0.6) is 0 Å². The van der Waals surface area contributed by atoms with E-state index in [1.54, 1.807) is 0 Å². The van der Waals surface area contributed by atoms with Crippen LogP contribution in [-0.2, 0) is 38.1 Å². The molecule has 3 aliphatic heterocycles. The zero-order valence-electron chi connectivity index (χ0n) is 18.3. The molecule has 37 heavy (non-hydrogen) atoms. The van der Waals surface area contributed by atoms with E-state index in [1.165, 1.54) is 0 Å². The van der Waals surface area contributed by atoms with Crippen molar-refractivity contribution in [3.8, 4) is 0 Å². The molecule has 3 heterocycles. The van der Waals surface area contributed by atoms with Crippen molar-refractivity contribution in [3.63, 3.8) is 0 Å². The molecule has 212 valence electrons. The van der Waals surface area contributed by atoms with Crippen molar-refractivity contribution in [1.82, 2.24) is 0 Å². The predicted octanol–water partition coefficient (Wildman–Crippen LogP) is -7.30. The Morgan fingerprint density at radius 2 is 0.838 bits per heavy atom. The van der Waals surface area contributed by atoms with Crippen LogP contribution in [0.15, 0.2) is 0 Å². The minimum Gasteiger partial charge on any atom is -0.479 e. The van der Waals surface area contributed by atoms with Crippen LogP contribution >= 0.6 is 0 Å². The summed E-state index contributed by atoms with van der Waals surface area (Å²) in [7, 11) is 0. The highest BCUT2D eigenvalue weighted by Crippen LogP contribution is 2.32. The molecule has 0 unspecified atom stereocenters. The predicted molar refractivity (Wildman–Crippen MR) is 103 cm³/mol. The lowest BCUT2D eigenvalue weighted by molar-refractivity contribution is -0.368. The Kier molecular flexibility index (Phi) is 9.01. The molecule has 0 aliphatic carbocycles. The maximum atomic E-state index is 11.8. The third-order valence-corrected chi connectivity index (χ3v) is 5.99. The minimum atomic E-state index is -2.29. The van der Waals surface area contributed by atoms with Crippen LogP contribution in [0.4, 0.5) is 0 Å². The van der Waals surface area contributed by atoms with E-state index in [2.05, 4.69) is 4.74 Å². The monoisotopic (exact) mass is 546 g/mol. The molecule has 0 saturated carbocycles. The lowest BCUT2D eigenvalue weighted by Gasteiger charge is -2.46. The smallest absolute Gasteiger partial charge is 0.335 e. The van der Waals surface area contributed by atoms with Gasteiger partial charge in [0.05, 0.1) is 0 Å². The maximum Gasteiger partial charge on any atom is 0.335 e. The Bertz CT molecular complexity index is 853. The summed E-state index contributed by atoms with van der Waals surface area (Å²) in [6.45, 7) is 0. The highest BCUT2D eigenvalue weighted by Gasteiger charge is 2.56. The molecule has 11 N–H and O–H groups in total. The van der Waals surface area contributed by atoms with Crippen molar-refractivity contribution in [2.45, 2.75) is 92.1 Å². The number of rotatable bonds is 7. The van der Waals surface area contributed by atoms with Crippen molar-refractivity contribution in [2.24, 2.45) is 0 Å². The molecular formula is C18H26O19. The fourth-order valence-electron chi connectivity index (χ4n) is 3.98. The number of hydrogen-bond donors (Lipinski definition) is 11. The summed E-state index contributed by atoms with van der Waals surface area (Å²) < 4.78 is 24.8. The molecule has 3 fully saturated rings. The molecule has 0 radical (unpaired) electrons. The molecule has 3 rings (SSSR count). The first kappa shape index (κ1) is 29.4. The second-order valence-corrected chi connectivity index (χ2v) is 8.45. The van der Waals surface area contributed by atoms with Crippen LogP contribution in [-0.4, -0.2) is 166 Å². The average Bonchev–Trinajstić information content (AvgIpc) is 2.82. The lowest BCUT2D eigenvalue weighted by atomic mass is 9.95. The molecule has 0 amide bonds. The van der Waals surface area contributed by atoms with E-state index in [-0.39, 0.29) is 0 Å². The van der Waals surface area contributed by atoms with Crippen LogP contribution in [0.2, 0.25) is 0 Å². The van der Waals surface area contributed by atoms with Gasteiger partial charge in [0.25, 0.3) is 0 Å². The van der Waals surface area contributed by atoms with Gasteiger partial charge in [-0.05, 0) is 0 Å². The van der Waals surface area contributed by atoms with Gasteiger partial charge in [0.2, 0.25) is 0 Å². The maximum absolute atomic E-state index is 11.8. The van der Waals surface area contributed by atoms with Gasteiger partial charge in [0, 0.05) is 0 Å². The number of aliphatic carboxylic acids is 3. The molecule has 19 nitrogen and oxygen atoms in total. The summed E-state index contributed by atoms with van der Waals surface area (Å²) in [4.78, 5) is 34.5. The van der Waals surface area contributed by atoms with Crippen LogP contribution in [0.1, 0.15) is 0 Å². The third kappa shape index (κ3) is 5.68. The standard InChI is InChI=1S/C18H26O19/c19-1-2(20)10(13(26)27)36-17(6(1)24)35-9-4(22)7(25)18(37-12(9)15(30)31)34-8-3(21)5(23)16(32)33-11(8)14(28)29/h1-12,16-25,32H,(H,26,27)(H,28,29)(H,30,31)/t1-,2-,3+,4+,5-,6-,7-,8-,9-,10-,11+,12+,16+,17+,18+/m1/s1. The molecule has 0 spiro atoms. The zero-order valence-corrected chi connectivity index (χ0v) is 18.3. The molecule has 15 atom stereocenters. The number of aliphatic hydroxyl groups is 8.